The summed E-state index contributed by atoms with van der Waals surface area (Å²) in [6.45, 7) is 0. The van der Waals surface area contributed by atoms with E-state index in [1.165, 1.54) is 6.07 Å². The fourth-order valence-corrected chi connectivity index (χ4v) is 2.67. The summed E-state index contributed by atoms with van der Waals surface area (Å²) in [7, 11) is 9.87. The van der Waals surface area contributed by atoms with Crippen LogP contribution in [-0.4, -0.2) is 11.3 Å². The first-order valence-electron chi connectivity index (χ1n) is 8.64. The third kappa shape index (κ3) is 7.36. The van der Waals surface area contributed by atoms with Crippen molar-refractivity contribution in [1.82, 2.24) is 0 Å². The number of aliphatic imine (C=N–C) groups is 1. The first kappa shape index (κ1) is 26.4. The van der Waals surface area contributed by atoms with Gasteiger partial charge in [0.15, 0.2) is 0 Å². The second-order valence-corrected chi connectivity index (χ2v) is 9.93. The van der Waals surface area contributed by atoms with E-state index in [1.54, 1.807) is 42.5 Å². The van der Waals surface area contributed by atoms with E-state index in [-0.39, 0.29) is 17.4 Å². The maximum atomic E-state index is 12.9. The third-order valence-electron chi connectivity index (χ3n) is 4.08. The number of benzene rings is 3. The number of aromatic hydroxyl groups is 1. The maximum absolute atomic E-state index is 12.9. The molecule has 0 saturated carbocycles. The van der Waals surface area contributed by atoms with Crippen molar-refractivity contribution in [3.63, 3.8) is 0 Å². The molecule has 0 aliphatic heterocycles. The van der Waals surface area contributed by atoms with E-state index >= 15 is 0 Å². The minimum atomic E-state index is -4.96. The molecular weight excluding hydrogens is 558 g/mol. The molecule has 0 saturated heterocycles. The van der Waals surface area contributed by atoms with Gasteiger partial charge in [0.05, 0.1) is 16.8 Å². The van der Waals surface area contributed by atoms with Gasteiger partial charge in [0.2, 0.25) is 0 Å². The topological polar surface area (TPSA) is 32.6 Å². The Morgan fingerprint density at radius 1 is 0.781 bits per heavy atom. The zero-order chi connectivity index (χ0) is 23.9. The van der Waals surface area contributed by atoms with E-state index in [4.69, 9.17) is 17.0 Å². The number of halogens is 8. The van der Waals surface area contributed by atoms with Gasteiger partial charge >= 0.3 is 50.2 Å². The van der Waals surface area contributed by atoms with Crippen LogP contribution >= 0.6 is 17.0 Å². The first-order chi connectivity index (χ1) is 15.0. The van der Waals surface area contributed by atoms with E-state index in [0.717, 1.165) is 6.21 Å². The second-order valence-electron chi connectivity index (χ2n) is 6.20. The van der Waals surface area contributed by atoms with E-state index in [0.29, 0.717) is 23.3 Å². The van der Waals surface area contributed by atoms with Crippen LogP contribution in [0.4, 0.5) is 32.0 Å². The van der Waals surface area contributed by atoms with Gasteiger partial charge in [-0.1, -0.05) is 42.5 Å². The summed E-state index contributed by atoms with van der Waals surface area (Å²) in [6.07, 6.45) is -8.89. The third-order valence-corrected chi connectivity index (χ3v) is 4.08. The van der Waals surface area contributed by atoms with Crippen LogP contribution in [0.2, 0.25) is 0 Å². The Hall–Kier alpha value is -1.83. The Bertz CT molecular complexity index is 1040. The van der Waals surface area contributed by atoms with Gasteiger partial charge in [-0.25, -0.2) is 0 Å². The molecule has 2 nitrogen and oxygen atoms in total. The second kappa shape index (κ2) is 11.3. The molecule has 1 N–H and O–H groups in total. The van der Waals surface area contributed by atoms with E-state index in [1.807, 2.05) is 0 Å². The van der Waals surface area contributed by atoms with Gasteiger partial charge < -0.3 is 5.11 Å². The van der Waals surface area contributed by atoms with E-state index in [2.05, 4.69) is 4.99 Å². The van der Waals surface area contributed by atoms with Crippen LogP contribution in [0.5, 0.6) is 5.75 Å². The van der Waals surface area contributed by atoms with Gasteiger partial charge in [-0.2, -0.15) is 26.3 Å². The number of para-hydroxylation sites is 1. The average Bonchev–Trinajstić information content (AvgIpc) is 2.73. The monoisotopic (exact) mass is 569 g/mol. The van der Waals surface area contributed by atoms with Crippen LogP contribution < -0.4 is 0 Å². The Morgan fingerprint density at radius 2 is 1.31 bits per heavy atom. The van der Waals surface area contributed by atoms with E-state index < -0.39 is 50.0 Å². The molecule has 0 heterocycles. The fourth-order valence-electron chi connectivity index (χ4n) is 2.67. The number of phenolic OH excluding ortho intramolecular Hbond substituents is 1. The number of hydrogen-bond acceptors (Lipinski definition) is 2. The predicted octanol–water partition coefficient (Wildman–Crippen LogP) is 8.22. The minimum absolute atomic E-state index is 0.0342. The molecule has 0 bridgehead atoms. The van der Waals surface area contributed by atoms with Crippen LogP contribution in [0, 0.1) is 0 Å². The van der Waals surface area contributed by atoms with Crippen molar-refractivity contribution >= 4 is 28.9 Å². The predicted molar refractivity (Wildman–Crippen MR) is 109 cm³/mol. The SMILES string of the molecule is Oc1c(C=Nc2cc(C(F)(F)F)cc(C(F)(F)F)c2)cccc1-c1ccccc1.[Cl][Zr][Cl]. The van der Waals surface area contributed by atoms with Crippen molar-refractivity contribution in [1.29, 1.82) is 0 Å². The summed E-state index contributed by atoms with van der Waals surface area (Å²) < 4.78 is 77.7. The van der Waals surface area contributed by atoms with Crippen molar-refractivity contribution in [3.05, 3.63) is 83.4 Å². The Kier molecular flexibility index (Phi) is 9.37. The summed E-state index contributed by atoms with van der Waals surface area (Å²) in [5.41, 5.74) is -2.15. The number of phenols is 1. The molecule has 168 valence electrons. The fraction of sp³-hybridized carbons (Fsp3) is 0.0952. The van der Waals surface area contributed by atoms with Crippen molar-refractivity contribution in [2.75, 3.05) is 0 Å². The molecule has 3 aromatic carbocycles. The molecule has 32 heavy (non-hydrogen) atoms. The van der Waals surface area contributed by atoms with Crippen molar-refractivity contribution in [3.8, 4) is 16.9 Å². The summed E-state index contributed by atoms with van der Waals surface area (Å²) in [6, 6.07) is 14.6. The van der Waals surface area contributed by atoms with Crippen molar-refractivity contribution < 1.29 is 52.3 Å². The molecule has 0 aromatic heterocycles. The van der Waals surface area contributed by atoms with Crippen LogP contribution in [0.15, 0.2) is 71.7 Å². The van der Waals surface area contributed by atoms with Gasteiger partial charge in [-0.05, 0) is 29.8 Å². The van der Waals surface area contributed by atoms with Crippen LogP contribution in [0.3, 0.4) is 0 Å². The Morgan fingerprint density at radius 3 is 1.81 bits per heavy atom. The quantitative estimate of drug-likeness (QED) is 0.249. The number of nitrogens with zero attached hydrogens (tertiary/aromatic N) is 1. The molecule has 0 aliphatic rings. The normalized spacial score (nSPS) is 11.8. The molecule has 0 spiro atoms. The van der Waals surface area contributed by atoms with Crippen LogP contribution in [-0.2, 0) is 33.2 Å². The Balaban J connectivity index is 0.00000114. The van der Waals surface area contributed by atoms with Crippen LogP contribution in [0.1, 0.15) is 16.7 Å². The molecule has 0 amide bonds. The van der Waals surface area contributed by atoms with Gasteiger partial charge in [0.1, 0.15) is 5.75 Å². The molecule has 0 fully saturated rings. The summed E-state index contributed by atoms with van der Waals surface area (Å²) in [5.74, 6) is -0.189. The molecule has 0 unspecified atom stereocenters. The number of alkyl halides is 6. The molecule has 11 heteroatoms. The zero-order valence-corrected chi connectivity index (χ0v) is 19.8. The van der Waals surface area contributed by atoms with Crippen LogP contribution in [0.25, 0.3) is 11.1 Å². The molecule has 0 atom stereocenters. The first-order valence-corrected chi connectivity index (χ1v) is 15.0. The molecule has 3 rings (SSSR count). The van der Waals surface area contributed by atoms with E-state index in [9.17, 15) is 31.4 Å². The summed E-state index contributed by atoms with van der Waals surface area (Å²) in [4.78, 5) is 3.74. The van der Waals surface area contributed by atoms with Gasteiger partial charge in [0.25, 0.3) is 0 Å². The molecule has 0 radical (unpaired) electrons. The summed E-state index contributed by atoms with van der Waals surface area (Å²) in [5, 5.41) is 10.4. The molecular formula is C21H13Cl2F6NOZr. The number of hydrogen-bond donors (Lipinski definition) is 1. The van der Waals surface area contributed by atoms with Crippen molar-refractivity contribution in [2.24, 2.45) is 4.99 Å². The Labute approximate surface area is 198 Å². The molecule has 3 aromatic rings. The standard InChI is InChI=1S/C21H13F6NO.2ClH.Zr/c22-20(23,24)15-9-16(21(25,26)27)11-17(10-15)28-12-14-7-4-8-18(19(14)29)13-5-2-1-3-6-13;;;/h1-12,29H;2*1H;/q;;;+2/p-2. The van der Waals surface area contributed by atoms with Crippen molar-refractivity contribution in [2.45, 2.75) is 12.4 Å². The molecule has 0 aliphatic carbocycles. The zero-order valence-electron chi connectivity index (χ0n) is 15.8. The van der Waals surface area contributed by atoms with Gasteiger partial charge in [-0.3, -0.25) is 4.99 Å². The summed E-state index contributed by atoms with van der Waals surface area (Å²) >= 11 is -0.826. The number of rotatable bonds is 3. The average molecular weight is 571 g/mol. The van der Waals surface area contributed by atoms with Gasteiger partial charge in [0, 0.05) is 17.3 Å². The van der Waals surface area contributed by atoms with Gasteiger partial charge in [-0.15, -0.1) is 0 Å².